The van der Waals surface area contributed by atoms with E-state index in [1.807, 2.05) is 13.8 Å². The summed E-state index contributed by atoms with van der Waals surface area (Å²) < 4.78 is 43.7. The molecule has 4 aliphatic rings. The van der Waals surface area contributed by atoms with Crippen molar-refractivity contribution in [3.8, 4) is 0 Å². The summed E-state index contributed by atoms with van der Waals surface area (Å²) in [4.78, 5) is 24.6. The largest absolute Gasteiger partial charge is 0.465 e. The van der Waals surface area contributed by atoms with Crippen molar-refractivity contribution in [1.82, 2.24) is 0 Å². The van der Waals surface area contributed by atoms with Crippen molar-refractivity contribution in [3.05, 3.63) is 0 Å². The summed E-state index contributed by atoms with van der Waals surface area (Å²) in [5.74, 6) is 0.224. The zero-order valence-corrected chi connectivity index (χ0v) is 17.5. The van der Waals surface area contributed by atoms with Crippen molar-refractivity contribution >= 4 is 22.1 Å². The zero-order valence-electron chi connectivity index (χ0n) is 16.7. The Balaban J connectivity index is 1.59. The van der Waals surface area contributed by atoms with Crippen LogP contribution in [-0.2, 0) is 29.2 Å². The fourth-order valence-corrected chi connectivity index (χ4v) is 6.26. The first kappa shape index (κ1) is 21.6. The topological polar surface area (TPSA) is 107 Å². The molecule has 2 unspecified atom stereocenters. The summed E-state index contributed by atoms with van der Waals surface area (Å²) in [7, 11) is -4.76. The molecule has 0 spiro atoms. The summed E-state index contributed by atoms with van der Waals surface area (Å²) in [6.07, 6.45) is 6.11. The maximum Gasteiger partial charge on any atom is 0.327 e. The van der Waals surface area contributed by atoms with Crippen LogP contribution in [0.2, 0.25) is 0 Å². The molecule has 0 saturated heterocycles. The van der Waals surface area contributed by atoms with Gasteiger partial charge in [-0.25, -0.2) is 0 Å². The second-order valence-electron chi connectivity index (χ2n) is 9.12. The standard InChI is InChI=1S/C20H32O7S/c1-3-4-12(2)11-26-18(21)10-17(28(23,24)25)20(22)27-19-15-6-13-5-14(8-15)9-16(19)7-13/h12-17,19H,3-11H2,1-2H3,(H,23,24,25). The molecule has 0 radical (unpaired) electrons. The van der Waals surface area contributed by atoms with E-state index in [0.29, 0.717) is 11.8 Å². The lowest BCUT2D eigenvalue weighted by molar-refractivity contribution is -0.171. The summed E-state index contributed by atoms with van der Waals surface area (Å²) in [5, 5.41) is -1.92. The highest BCUT2D eigenvalue weighted by Crippen LogP contribution is 2.54. The average molecular weight is 417 g/mol. The monoisotopic (exact) mass is 416 g/mol. The highest BCUT2D eigenvalue weighted by Gasteiger charge is 2.51. The van der Waals surface area contributed by atoms with Crippen LogP contribution in [0.5, 0.6) is 0 Å². The van der Waals surface area contributed by atoms with Gasteiger partial charge in [-0.05, 0) is 68.1 Å². The van der Waals surface area contributed by atoms with Crippen LogP contribution in [0.15, 0.2) is 0 Å². The Kier molecular flexibility index (Phi) is 6.69. The van der Waals surface area contributed by atoms with Gasteiger partial charge in [0.05, 0.1) is 13.0 Å². The predicted octanol–water partition coefficient (Wildman–Crippen LogP) is 2.98. The lowest BCUT2D eigenvalue weighted by Crippen LogP contribution is -2.51. The SMILES string of the molecule is CCCC(C)COC(=O)CC(C(=O)OC1C2CC3CC(C2)CC1C3)S(=O)(=O)O. The first-order valence-electron chi connectivity index (χ1n) is 10.5. The molecule has 4 aliphatic carbocycles. The molecule has 0 aromatic carbocycles. The Morgan fingerprint density at radius 3 is 2.14 bits per heavy atom. The third-order valence-electron chi connectivity index (χ3n) is 6.68. The number of hydrogen-bond donors (Lipinski definition) is 1. The quantitative estimate of drug-likeness (QED) is 0.455. The number of ether oxygens (including phenoxy) is 2. The molecular formula is C20H32O7S. The first-order valence-corrected chi connectivity index (χ1v) is 12.0. The highest BCUT2D eigenvalue weighted by atomic mass is 32.2. The van der Waals surface area contributed by atoms with Crippen LogP contribution in [0, 0.1) is 29.6 Å². The molecule has 4 bridgehead atoms. The van der Waals surface area contributed by atoms with Crippen molar-refractivity contribution < 1.29 is 32.0 Å². The van der Waals surface area contributed by atoms with Crippen LogP contribution in [0.1, 0.15) is 65.2 Å². The van der Waals surface area contributed by atoms with Crippen molar-refractivity contribution in [2.45, 2.75) is 76.6 Å². The minimum absolute atomic E-state index is 0.151. The van der Waals surface area contributed by atoms with E-state index in [1.54, 1.807) is 0 Å². The first-order chi connectivity index (χ1) is 13.2. The van der Waals surface area contributed by atoms with Gasteiger partial charge in [0.1, 0.15) is 6.10 Å². The molecule has 4 saturated carbocycles. The van der Waals surface area contributed by atoms with Gasteiger partial charge < -0.3 is 9.47 Å². The number of carbonyl (C=O) groups excluding carboxylic acids is 2. The average Bonchev–Trinajstić information content (AvgIpc) is 2.59. The Hall–Kier alpha value is -1.15. The molecule has 4 rings (SSSR count). The molecule has 160 valence electrons. The van der Waals surface area contributed by atoms with Gasteiger partial charge in [0.25, 0.3) is 10.1 Å². The van der Waals surface area contributed by atoms with E-state index in [-0.39, 0.29) is 30.5 Å². The van der Waals surface area contributed by atoms with E-state index in [0.717, 1.165) is 38.5 Å². The molecule has 0 aromatic heterocycles. The molecular weight excluding hydrogens is 384 g/mol. The van der Waals surface area contributed by atoms with Crippen molar-refractivity contribution in [2.75, 3.05) is 6.61 Å². The smallest absolute Gasteiger partial charge is 0.327 e. The van der Waals surface area contributed by atoms with Crippen molar-refractivity contribution in [2.24, 2.45) is 29.6 Å². The Morgan fingerprint density at radius 2 is 1.64 bits per heavy atom. The highest BCUT2D eigenvalue weighted by molar-refractivity contribution is 7.87. The minimum Gasteiger partial charge on any atom is -0.465 e. The fraction of sp³-hybridized carbons (Fsp3) is 0.900. The maximum atomic E-state index is 12.6. The molecule has 0 heterocycles. The normalized spacial score (nSPS) is 33.3. The Bertz CT molecular complexity index is 659. The van der Waals surface area contributed by atoms with Gasteiger partial charge in [0.2, 0.25) is 0 Å². The van der Waals surface area contributed by atoms with Crippen LogP contribution in [0.25, 0.3) is 0 Å². The molecule has 8 heteroatoms. The van der Waals surface area contributed by atoms with Gasteiger partial charge in [0.15, 0.2) is 5.25 Å². The molecule has 1 N–H and O–H groups in total. The molecule has 7 nitrogen and oxygen atoms in total. The molecule has 0 amide bonds. The zero-order chi connectivity index (χ0) is 20.5. The van der Waals surface area contributed by atoms with Gasteiger partial charge >= 0.3 is 11.9 Å². The summed E-state index contributed by atoms with van der Waals surface area (Å²) in [6, 6.07) is 0. The van der Waals surface area contributed by atoms with E-state index in [9.17, 15) is 22.6 Å². The van der Waals surface area contributed by atoms with Gasteiger partial charge in [-0.3, -0.25) is 14.1 Å². The molecule has 28 heavy (non-hydrogen) atoms. The number of rotatable bonds is 9. The molecule has 0 aromatic rings. The second-order valence-corrected chi connectivity index (χ2v) is 10.7. The molecule has 0 aliphatic heterocycles. The Labute approximate surface area is 167 Å². The van der Waals surface area contributed by atoms with Crippen molar-refractivity contribution in [3.63, 3.8) is 0 Å². The lowest BCUT2D eigenvalue weighted by atomic mass is 9.55. The predicted molar refractivity (Wildman–Crippen MR) is 102 cm³/mol. The fourth-order valence-electron chi connectivity index (χ4n) is 5.61. The van der Waals surface area contributed by atoms with Crippen molar-refractivity contribution in [1.29, 1.82) is 0 Å². The third-order valence-corrected chi connectivity index (χ3v) is 7.76. The lowest BCUT2D eigenvalue weighted by Gasteiger charge is -2.53. The van der Waals surface area contributed by atoms with Gasteiger partial charge in [-0.2, -0.15) is 8.42 Å². The van der Waals surface area contributed by atoms with Crippen LogP contribution in [0.3, 0.4) is 0 Å². The molecule has 2 atom stereocenters. The minimum atomic E-state index is -4.76. The number of esters is 2. The van der Waals surface area contributed by atoms with E-state index in [1.165, 1.54) is 6.42 Å². The maximum absolute atomic E-state index is 12.6. The van der Waals surface area contributed by atoms with Crippen LogP contribution >= 0.6 is 0 Å². The van der Waals surface area contributed by atoms with E-state index >= 15 is 0 Å². The van der Waals surface area contributed by atoms with Gasteiger partial charge in [-0.1, -0.05) is 20.3 Å². The second kappa shape index (κ2) is 8.69. The van der Waals surface area contributed by atoms with E-state index < -0.39 is 33.7 Å². The third kappa shape index (κ3) is 5.06. The van der Waals surface area contributed by atoms with Crippen LogP contribution in [0.4, 0.5) is 0 Å². The van der Waals surface area contributed by atoms with Gasteiger partial charge in [0, 0.05) is 0 Å². The summed E-state index contributed by atoms with van der Waals surface area (Å²) in [6.45, 7) is 4.11. The Morgan fingerprint density at radius 1 is 1.07 bits per heavy atom. The van der Waals surface area contributed by atoms with Crippen LogP contribution in [-0.4, -0.2) is 42.9 Å². The van der Waals surface area contributed by atoms with E-state index in [4.69, 9.17) is 9.47 Å². The van der Waals surface area contributed by atoms with Gasteiger partial charge in [-0.15, -0.1) is 0 Å². The number of carbonyl (C=O) groups is 2. The van der Waals surface area contributed by atoms with Crippen LogP contribution < -0.4 is 0 Å². The molecule has 4 fully saturated rings. The summed E-state index contributed by atoms with van der Waals surface area (Å²) in [5.41, 5.74) is 0. The number of hydrogen-bond acceptors (Lipinski definition) is 6. The van der Waals surface area contributed by atoms with E-state index in [2.05, 4.69) is 0 Å². The summed E-state index contributed by atoms with van der Waals surface area (Å²) >= 11 is 0.